The quantitative estimate of drug-likeness (QED) is 0.896. The van der Waals surface area contributed by atoms with Gasteiger partial charge in [0.1, 0.15) is 6.04 Å². The van der Waals surface area contributed by atoms with E-state index in [0.717, 1.165) is 5.56 Å². The third-order valence-corrected chi connectivity index (χ3v) is 3.67. The van der Waals surface area contributed by atoms with Crippen molar-refractivity contribution in [1.82, 2.24) is 5.32 Å². The van der Waals surface area contributed by atoms with Crippen molar-refractivity contribution in [2.45, 2.75) is 12.5 Å². The van der Waals surface area contributed by atoms with E-state index in [1.165, 1.54) is 0 Å². The molecule has 0 bridgehead atoms. The van der Waals surface area contributed by atoms with Crippen molar-refractivity contribution in [2.24, 2.45) is 0 Å². The van der Waals surface area contributed by atoms with Crippen molar-refractivity contribution < 1.29 is 9.59 Å². The van der Waals surface area contributed by atoms with Crippen molar-refractivity contribution in [3.05, 3.63) is 64.7 Å². The van der Waals surface area contributed by atoms with Crippen LogP contribution in [-0.2, 0) is 11.2 Å². The van der Waals surface area contributed by atoms with Gasteiger partial charge < -0.3 is 10.6 Å². The lowest BCUT2D eigenvalue weighted by Gasteiger charge is -2.24. The molecule has 1 heterocycles. The molecule has 5 heteroatoms. The molecule has 3 rings (SSSR count). The van der Waals surface area contributed by atoms with Crippen LogP contribution in [0.3, 0.4) is 0 Å². The van der Waals surface area contributed by atoms with Gasteiger partial charge in [-0.1, -0.05) is 29.8 Å². The zero-order valence-electron chi connectivity index (χ0n) is 11.1. The number of hydrogen-bond acceptors (Lipinski definition) is 2. The molecule has 2 amide bonds. The van der Waals surface area contributed by atoms with Gasteiger partial charge >= 0.3 is 0 Å². The molecule has 0 radical (unpaired) electrons. The number of halogens is 1. The molecule has 1 aliphatic heterocycles. The number of carbonyl (C=O) groups excluding carboxylic acids is 2. The maximum Gasteiger partial charge on any atom is 0.252 e. The highest BCUT2D eigenvalue weighted by Gasteiger charge is 2.28. The molecule has 2 N–H and O–H groups in total. The minimum Gasteiger partial charge on any atom is -0.340 e. The molecule has 0 aliphatic carbocycles. The molecule has 2 aromatic rings. The highest BCUT2D eigenvalue weighted by molar-refractivity contribution is 6.30. The normalized spacial score (nSPS) is 16.8. The fourth-order valence-electron chi connectivity index (χ4n) is 2.35. The zero-order chi connectivity index (χ0) is 14.8. The minimum absolute atomic E-state index is 0.215. The van der Waals surface area contributed by atoms with Gasteiger partial charge in [-0.05, 0) is 35.9 Å². The number of nitrogens with one attached hydrogen (secondary N) is 2. The topological polar surface area (TPSA) is 58.2 Å². The Labute approximate surface area is 127 Å². The Morgan fingerprint density at radius 3 is 2.62 bits per heavy atom. The van der Waals surface area contributed by atoms with Gasteiger partial charge in [-0.2, -0.15) is 0 Å². The molecular formula is C16H13ClN2O2. The minimum atomic E-state index is -0.567. The van der Waals surface area contributed by atoms with Gasteiger partial charge in [0.05, 0.1) is 0 Å². The molecule has 0 saturated heterocycles. The first-order valence-electron chi connectivity index (χ1n) is 6.59. The number of amides is 2. The first-order chi connectivity index (χ1) is 10.1. The van der Waals surface area contributed by atoms with Gasteiger partial charge in [0, 0.05) is 22.7 Å². The van der Waals surface area contributed by atoms with E-state index in [2.05, 4.69) is 10.6 Å². The second-order valence-electron chi connectivity index (χ2n) is 4.88. The van der Waals surface area contributed by atoms with Crippen LogP contribution in [0.2, 0.25) is 5.02 Å². The number of rotatable bonds is 2. The fraction of sp³-hybridized carbons (Fsp3) is 0.125. The van der Waals surface area contributed by atoms with E-state index in [4.69, 9.17) is 11.6 Å². The van der Waals surface area contributed by atoms with Gasteiger partial charge in [-0.3, -0.25) is 9.59 Å². The summed E-state index contributed by atoms with van der Waals surface area (Å²) in [5.41, 5.74) is 2.17. The highest BCUT2D eigenvalue weighted by Crippen LogP contribution is 2.18. The number of anilines is 1. The van der Waals surface area contributed by atoms with Crippen LogP contribution in [0, 0.1) is 0 Å². The second kappa shape index (κ2) is 5.58. The maximum absolute atomic E-state index is 12.2. The third kappa shape index (κ3) is 2.90. The van der Waals surface area contributed by atoms with Crippen LogP contribution in [0.4, 0.5) is 5.69 Å². The Morgan fingerprint density at radius 2 is 1.86 bits per heavy atom. The monoisotopic (exact) mass is 300 g/mol. The lowest BCUT2D eigenvalue weighted by Crippen LogP contribution is -2.48. The Morgan fingerprint density at radius 1 is 1.14 bits per heavy atom. The van der Waals surface area contributed by atoms with Crippen LogP contribution < -0.4 is 10.6 Å². The van der Waals surface area contributed by atoms with Crippen molar-refractivity contribution in [1.29, 1.82) is 0 Å². The molecule has 4 nitrogen and oxygen atoms in total. The Kier molecular flexibility index (Phi) is 3.62. The van der Waals surface area contributed by atoms with E-state index in [0.29, 0.717) is 22.7 Å². The summed E-state index contributed by atoms with van der Waals surface area (Å²) in [5, 5.41) is 6.11. The van der Waals surface area contributed by atoms with Crippen molar-refractivity contribution in [3.63, 3.8) is 0 Å². The van der Waals surface area contributed by atoms with Crippen LogP contribution in [0.25, 0.3) is 0 Å². The summed E-state index contributed by atoms with van der Waals surface area (Å²) in [6, 6.07) is 13.6. The summed E-state index contributed by atoms with van der Waals surface area (Å²) in [6.45, 7) is 0. The van der Waals surface area contributed by atoms with E-state index >= 15 is 0 Å². The number of carbonyl (C=O) groups is 2. The van der Waals surface area contributed by atoms with Crippen LogP contribution in [-0.4, -0.2) is 17.9 Å². The molecule has 0 aromatic heterocycles. The van der Waals surface area contributed by atoms with Crippen LogP contribution >= 0.6 is 11.6 Å². The van der Waals surface area contributed by atoms with Gasteiger partial charge in [-0.15, -0.1) is 0 Å². The summed E-state index contributed by atoms with van der Waals surface area (Å²) < 4.78 is 0. The van der Waals surface area contributed by atoms with E-state index in [-0.39, 0.29) is 11.8 Å². The molecule has 0 saturated carbocycles. The molecule has 1 atom stereocenters. The molecule has 1 aliphatic rings. The molecule has 106 valence electrons. The zero-order valence-corrected chi connectivity index (χ0v) is 11.9. The lowest BCUT2D eigenvalue weighted by molar-refractivity contribution is -0.118. The molecule has 2 aromatic carbocycles. The molecule has 0 fully saturated rings. The number of hydrogen-bond donors (Lipinski definition) is 2. The molecule has 0 spiro atoms. The summed E-state index contributed by atoms with van der Waals surface area (Å²) in [6.07, 6.45) is 0.487. The first-order valence-corrected chi connectivity index (χ1v) is 6.96. The van der Waals surface area contributed by atoms with E-state index in [9.17, 15) is 9.59 Å². The molecule has 1 unspecified atom stereocenters. The van der Waals surface area contributed by atoms with Crippen LogP contribution in [0.15, 0.2) is 48.5 Å². The van der Waals surface area contributed by atoms with Crippen LogP contribution in [0.1, 0.15) is 15.9 Å². The maximum atomic E-state index is 12.2. The number of benzene rings is 2. The SMILES string of the molecule is O=C1NC(C(=O)Nc2ccc(Cl)cc2)Cc2ccccc21. The van der Waals surface area contributed by atoms with E-state index in [1.54, 1.807) is 30.3 Å². The second-order valence-corrected chi connectivity index (χ2v) is 5.32. The third-order valence-electron chi connectivity index (χ3n) is 3.42. The van der Waals surface area contributed by atoms with Gasteiger partial charge in [0.15, 0.2) is 0 Å². The average molecular weight is 301 g/mol. The standard InChI is InChI=1S/C16H13ClN2O2/c17-11-5-7-12(8-6-11)18-16(21)14-9-10-3-1-2-4-13(10)15(20)19-14/h1-8,14H,9H2,(H,18,21)(H,19,20). The summed E-state index contributed by atoms with van der Waals surface area (Å²) in [4.78, 5) is 24.2. The summed E-state index contributed by atoms with van der Waals surface area (Å²) >= 11 is 5.80. The highest BCUT2D eigenvalue weighted by atomic mass is 35.5. The Hall–Kier alpha value is -2.33. The smallest absolute Gasteiger partial charge is 0.252 e. The number of fused-ring (bicyclic) bond motifs is 1. The summed E-state index contributed by atoms with van der Waals surface area (Å²) in [5.74, 6) is -0.451. The summed E-state index contributed by atoms with van der Waals surface area (Å²) in [7, 11) is 0. The fourth-order valence-corrected chi connectivity index (χ4v) is 2.47. The predicted molar refractivity (Wildman–Crippen MR) is 81.5 cm³/mol. The lowest BCUT2D eigenvalue weighted by atomic mass is 9.95. The molecule has 21 heavy (non-hydrogen) atoms. The Bertz CT molecular complexity index is 698. The van der Waals surface area contributed by atoms with Crippen molar-refractivity contribution >= 4 is 29.1 Å². The first kappa shape index (κ1) is 13.6. The van der Waals surface area contributed by atoms with Crippen molar-refractivity contribution in [2.75, 3.05) is 5.32 Å². The van der Waals surface area contributed by atoms with Crippen LogP contribution in [0.5, 0.6) is 0 Å². The Balaban J connectivity index is 1.75. The predicted octanol–water partition coefficient (Wildman–Crippen LogP) is 2.63. The largest absolute Gasteiger partial charge is 0.340 e. The average Bonchev–Trinajstić information content (AvgIpc) is 2.49. The van der Waals surface area contributed by atoms with E-state index in [1.807, 2.05) is 18.2 Å². The van der Waals surface area contributed by atoms with E-state index < -0.39 is 6.04 Å². The molecular weight excluding hydrogens is 288 g/mol. The van der Waals surface area contributed by atoms with Gasteiger partial charge in [0.2, 0.25) is 5.91 Å². The van der Waals surface area contributed by atoms with Gasteiger partial charge in [-0.25, -0.2) is 0 Å². The van der Waals surface area contributed by atoms with Gasteiger partial charge in [0.25, 0.3) is 5.91 Å². The van der Waals surface area contributed by atoms with Crippen molar-refractivity contribution in [3.8, 4) is 0 Å².